The Bertz CT molecular complexity index is 291. The number of anilines is 2. The highest BCUT2D eigenvalue weighted by atomic mass is 32.1. The Kier molecular flexibility index (Phi) is 6.94. The predicted octanol–water partition coefficient (Wildman–Crippen LogP) is 0.429. The average molecular weight is 230 g/mol. The van der Waals surface area contributed by atoms with Gasteiger partial charge in [-0.25, -0.2) is 0 Å². The number of aryl methyl sites for hydroxylation is 1. The second-order valence-electron chi connectivity index (χ2n) is 3.13. The van der Waals surface area contributed by atoms with E-state index in [2.05, 4.69) is 12.6 Å². The highest BCUT2D eigenvalue weighted by molar-refractivity contribution is 7.80. The van der Waals surface area contributed by atoms with Gasteiger partial charge in [-0.2, -0.15) is 12.6 Å². The van der Waals surface area contributed by atoms with Crippen LogP contribution in [0, 0.1) is 6.92 Å². The first-order valence-corrected chi connectivity index (χ1v) is 5.15. The van der Waals surface area contributed by atoms with Gasteiger partial charge in [0.1, 0.15) is 0 Å². The molecule has 0 aromatic heterocycles. The third-order valence-corrected chi connectivity index (χ3v) is 2.14. The fourth-order valence-corrected chi connectivity index (χ4v) is 0.872. The van der Waals surface area contributed by atoms with Crippen LogP contribution in [0.15, 0.2) is 18.2 Å². The molecule has 6 N–H and O–H groups in total. The molecule has 0 spiro atoms. The quantitative estimate of drug-likeness (QED) is 0.376. The van der Waals surface area contributed by atoms with Crippen LogP contribution in [0.3, 0.4) is 0 Å². The van der Waals surface area contributed by atoms with Crippen LogP contribution >= 0.6 is 12.6 Å². The monoisotopic (exact) mass is 230 g/mol. The second kappa shape index (κ2) is 7.39. The van der Waals surface area contributed by atoms with Crippen molar-refractivity contribution in [2.75, 3.05) is 23.8 Å². The minimum atomic E-state index is -0.645. The van der Waals surface area contributed by atoms with Gasteiger partial charge in [-0.15, -0.1) is 0 Å². The number of hydrogen-bond donors (Lipinski definition) is 5. The fourth-order valence-electron chi connectivity index (χ4n) is 0.757. The van der Waals surface area contributed by atoms with Crippen LogP contribution in [0.1, 0.15) is 5.56 Å². The summed E-state index contributed by atoms with van der Waals surface area (Å²) in [6.45, 7) is 1.75. The van der Waals surface area contributed by atoms with Crippen molar-refractivity contribution in [1.82, 2.24) is 0 Å². The zero-order valence-electron chi connectivity index (χ0n) is 8.72. The largest absolute Gasteiger partial charge is 0.399 e. The van der Waals surface area contributed by atoms with E-state index in [1.165, 1.54) is 0 Å². The van der Waals surface area contributed by atoms with Crippen molar-refractivity contribution in [3.05, 3.63) is 23.8 Å². The first kappa shape index (κ1) is 14.1. The zero-order valence-corrected chi connectivity index (χ0v) is 9.61. The van der Waals surface area contributed by atoms with Crippen molar-refractivity contribution in [2.24, 2.45) is 0 Å². The highest BCUT2D eigenvalue weighted by Gasteiger charge is 1.93. The maximum atomic E-state index is 8.34. The van der Waals surface area contributed by atoms with Gasteiger partial charge in [0, 0.05) is 17.1 Å². The van der Waals surface area contributed by atoms with Gasteiger partial charge in [0.2, 0.25) is 0 Å². The topological polar surface area (TPSA) is 92.5 Å². The standard InChI is InChI=1S/C7H10N2.C3H8O2S/c1-5-4-6(8)2-3-7(5)9;4-1-3(5)2-6/h2-4H,8-9H2,1H3;3-6H,1-2H2. The lowest BCUT2D eigenvalue weighted by Gasteiger charge is -1.98. The first-order chi connectivity index (χ1) is 7.01. The van der Waals surface area contributed by atoms with Crippen molar-refractivity contribution in [3.63, 3.8) is 0 Å². The van der Waals surface area contributed by atoms with Gasteiger partial charge in [0.15, 0.2) is 0 Å². The molecule has 1 aromatic rings. The smallest absolute Gasteiger partial charge is 0.0858 e. The Morgan fingerprint density at radius 1 is 1.40 bits per heavy atom. The van der Waals surface area contributed by atoms with Crippen molar-refractivity contribution in [2.45, 2.75) is 13.0 Å². The molecule has 86 valence electrons. The van der Waals surface area contributed by atoms with Crippen LogP contribution in [0.5, 0.6) is 0 Å². The van der Waals surface area contributed by atoms with Crippen molar-refractivity contribution in [3.8, 4) is 0 Å². The molecule has 0 radical (unpaired) electrons. The minimum Gasteiger partial charge on any atom is -0.399 e. The lowest BCUT2D eigenvalue weighted by Crippen LogP contribution is -2.12. The average Bonchev–Trinajstić information content (AvgIpc) is 2.23. The molecule has 1 atom stereocenters. The third kappa shape index (κ3) is 6.22. The molecule has 0 saturated carbocycles. The van der Waals surface area contributed by atoms with Gasteiger partial charge >= 0.3 is 0 Å². The van der Waals surface area contributed by atoms with E-state index in [0.717, 1.165) is 16.9 Å². The molecule has 0 aliphatic carbocycles. The van der Waals surface area contributed by atoms with E-state index in [-0.39, 0.29) is 6.61 Å². The van der Waals surface area contributed by atoms with Crippen LogP contribution in [-0.4, -0.2) is 28.7 Å². The number of nitrogens with two attached hydrogens (primary N) is 2. The SMILES string of the molecule is Cc1cc(N)ccc1N.OCC(O)CS. The van der Waals surface area contributed by atoms with E-state index in [1.807, 2.05) is 19.1 Å². The van der Waals surface area contributed by atoms with Crippen LogP contribution < -0.4 is 11.5 Å². The molecule has 5 heteroatoms. The van der Waals surface area contributed by atoms with E-state index >= 15 is 0 Å². The van der Waals surface area contributed by atoms with Gasteiger partial charge in [-0.05, 0) is 30.7 Å². The van der Waals surface area contributed by atoms with E-state index in [1.54, 1.807) is 6.07 Å². The normalized spacial score (nSPS) is 11.5. The number of nitrogen functional groups attached to an aromatic ring is 2. The molecule has 0 heterocycles. The first-order valence-electron chi connectivity index (χ1n) is 4.52. The Hall–Kier alpha value is -0.910. The number of rotatable bonds is 2. The third-order valence-electron chi connectivity index (χ3n) is 1.72. The highest BCUT2D eigenvalue weighted by Crippen LogP contribution is 2.12. The van der Waals surface area contributed by atoms with Crippen molar-refractivity contribution in [1.29, 1.82) is 0 Å². The molecule has 0 fully saturated rings. The Morgan fingerprint density at radius 2 is 2.00 bits per heavy atom. The van der Waals surface area contributed by atoms with Crippen LogP contribution in [0.4, 0.5) is 11.4 Å². The summed E-state index contributed by atoms with van der Waals surface area (Å²) in [5, 5.41) is 16.4. The maximum absolute atomic E-state index is 8.34. The minimum absolute atomic E-state index is 0.191. The van der Waals surface area contributed by atoms with Crippen molar-refractivity contribution < 1.29 is 10.2 Å². The number of hydrogen-bond acceptors (Lipinski definition) is 5. The summed E-state index contributed by atoms with van der Waals surface area (Å²) >= 11 is 3.69. The van der Waals surface area contributed by atoms with Gasteiger partial charge in [-0.3, -0.25) is 0 Å². The molecule has 1 rings (SSSR count). The number of benzene rings is 1. The molecule has 0 amide bonds. The molecule has 0 aliphatic heterocycles. The molecule has 0 bridgehead atoms. The molecule has 4 nitrogen and oxygen atoms in total. The summed E-state index contributed by atoms with van der Waals surface area (Å²) in [4.78, 5) is 0. The number of thiol groups is 1. The maximum Gasteiger partial charge on any atom is 0.0858 e. The van der Waals surface area contributed by atoms with E-state index < -0.39 is 6.10 Å². The van der Waals surface area contributed by atoms with Gasteiger partial charge in [0.25, 0.3) is 0 Å². The molecular weight excluding hydrogens is 212 g/mol. The number of aliphatic hydroxyl groups excluding tert-OH is 2. The van der Waals surface area contributed by atoms with Gasteiger partial charge < -0.3 is 21.7 Å². The van der Waals surface area contributed by atoms with Crippen LogP contribution in [0.25, 0.3) is 0 Å². The molecule has 1 aromatic carbocycles. The van der Waals surface area contributed by atoms with E-state index in [9.17, 15) is 0 Å². The Balaban J connectivity index is 0.000000288. The van der Waals surface area contributed by atoms with Crippen LogP contribution in [-0.2, 0) is 0 Å². The van der Waals surface area contributed by atoms with E-state index in [4.69, 9.17) is 21.7 Å². The van der Waals surface area contributed by atoms with Gasteiger partial charge in [0.05, 0.1) is 12.7 Å². The second-order valence-corrected chi connectivity index (χ2v) is 3.50. The summed E-state index contributed by atoms with van der Waals surface area (Å²) in [5.41, 5.74) is 13.6. The lowest BCUT2D eigenvalue weighted by atomic mass is 10.2. The molecule has 15 heavy (non-hydrogen) atoms. The Labute approximate surface area is 95.3 Å². The summed E-state index contributed by atoms with van der Waals surface area (Å²) in [5.74, 6) is 0.330. The summed E-state index contributed by atoms with van der Waals surface area (Å²) < 4.78 is 0. The molecule has 1 unspecified atom stereocenters. The summed E-state index contributed by atoms with van der Waals surface area (Å²) in [6, 6.07) is 5.46. The fraction of sp³-hybridized carbons (Fsp3) is 0.400. The summed E-state index contributed by atoms with van der Waals surface area (Å²) in [7, 11) is 0. The van der Waals surface area contributed by atoms with Crippen LogP contribution in [0.2, 0.25) is 0 Å². The Morgan fingerprint density at radius 3 is 2.27 bits per heavy atom. The molecule has 0 aliphatic rings. The molecule has 0 saturated heterocycles. The molecular formula is C10H18N2O2S. The van der Waals surface area contributed by atoms with E-state index in [0.29, 0.717) is 5.75 Å². The summed E-state index contributed by atoms with van der Waals surface area (Å²) in [6.07, 6.45) is -0.645. The van der Waals surface area contributed by atoms with Gasteiger partial charge in [-0.1, -0.05) is 0 Å². The zero-order chi connectivity index (χ0) is 11.8. The lowest BCUT2D eigenvalue weighted by molar-refractivity contribution is 0.114. The predicted molar refractivity (Wildman–Crippen MR) is 66.9 cm³/mol. The number of aliphatic hydroxyl groups is 2. The van der Waals surface area contributed by atoms with Crippen molar-refractivity contribution >= 4 is 24.0 Å².